The molecule has 3 aromatic rings. The molecule has 2 aromatic heterocycles. The van der Waals surface area contributed by atoms with Crippen molar-refractivity contribution in [3.05, 3.63) is 66.5 Å². The van der Waals surface area contributed by atoms with Gasteiger partial charge in [0.15, 0.2) is 0 Å². The topological polar surface area (TPSA) is 74.2 Å². The Balaban J connectivity index is 1.60. The van der Waals surface area contributed by atoms with Crippen LogP contribution in [0, 0.1) is 0 Å². The summed E-state index contributed by atoms with van der Waals surface area (Å²) in [7, 11) is 0. The van der Waals surface area contributed by atoms with E-state index >= 15 is 0 Å². The summed E-state index contributed by atoms with van der Waals surface area (Å²) in [6.45, 7) is 3.38. The van der Waals surface area contributed by atoms with Gasteiger partial charge in [-0.25, -0.2) is 4.98 Å². The molecule has 1 aliphatic heterocycles. The summed E-state index contributed by atoms with van der Waals surface area (Å²) < 4.78 is 0. The number of nitrogens with zero attached hydrogens (tertiary/aromatic N) is 5. The van der Waals surface area contributed by atoms with Crippen molar-refractivity contribution in [3.63, 3.8) is 0 Å². The number of hydrogen-bond donors (Lipinski definition) is 1. The van der Waals surface area contributed by atoms with E-state index in [2.05, 4.69) is 15.2 Å². The van der Waals surface area contributed by atoms with Crippen molar-refractivity contribution in [2.75, 3.05) is 36.4 Å². The zero-order chi connectivity index (χ0) is 19.2. The number of rotatable bonds is 6. The van der Waals surface area contributed by atoms with Gasteiger partial charge < -0.3 is 15.1 Å². The molecule has 1 saturated heterocycles. The lowest BCUT2D eigenvalue weighted by molar-refractivity contribution is -0.118. The second-order valence-corrected chi connectivity index (χ2v) is 6.61. The highest BCUT2D eigenvalue weighted by atomic mass is 16.1. The summed E-state index contributed by atoms with van der Waals surface area (Å²) in [6, 6.07) is 17.9. The van der Waals surface area contributed by atoms with Crippen molar-refractivity contribution in [1.29, 1.82) is 0 Å². The minimum absolute atomic E-state index is 0.588. The summed E-state index contributed by atoms with van der Waals surface area (Å²) in [6.07, 6.45) is 2.68. The molecular weight excluding hydrogens is 352 g/mol. The van der Waals surface area contributed by atoms with Crippen LogP contribution in [0.3, 0.4) is 0 Å². The summed E-state index contributed by atoms with van der Waals surface area (Å²) in [5, 5.41) is 3.36. The van der Waals surface area contributed by atoms with E-state index in [-0.39, 0.29) is 0 Å². The Kier molecular flexibility index (Phi) is 5.42. The molecule has 28 heavy (non-hydrogen) atoms. The van der Waals surface area contributed by atoms with E-state index in [0.29, 0.717) is 25.6 Å². The van der Waals surface area contributed by atoms with Crippen LogP contribution in [-0.4, -0.2) is 52.4 Å². The molecule has 1 aliphatic rings. The van der Waals surface area contributed by atoms with Crippen LogP contribution in [0.5, 0.6) is 0 Å². The van der Waals surface area contributed by atoms with Crippen LogP contribution in [-0.2, 0) is 11.3 Å². The number of carbonyl (C=O) groups excluding carboxylic acids is 1. The average Bonchev–Trinajstić information content (AvgIpc) is 2.79. The van der Waals surface area contributed by atoms with Gasteiger partial charge in [0.05, 0.1) is 17.9 Å². The van der Waals surface area contributed by atoms with Crippen LogP contribution in [0.1, 0.15) is 5.69 Å². The lowest BCUT2D eigenvalue weighted by Crippen LogP contribution is -2.46. The highest BCUT2D eigenvalue weighted by Gasteiger charge is 2.19. The molecule has 7 heteroatoms. The van der Waals surface area contributed by atoms with E-state index in [1.807, 2.05) is 54.6 Å². The van der Waals surface area contributed by atoms with E-state index < -0.39 is 0 Å². The predicted molar refractivity (Wildman–Crippen MR) is 109 cm³/mol. The van der Waals surface area contributed by atoms with E-state index in [4.69, 9.17) is 9.97 Å². The number of piperazine rings is 1. The Morgan fingerprint density at radius 2 is 1.75 bits per heavy atom. The molecule has 4 rings (SSSR count). The molecule has 3 heterocycles. The highest BCUT2D eigenvalue weighted by molar-refractivity contribution is 5.64. The van der Waals surface area contributed by atoms with E-state index in [9.17, 15) is 4.79 Å². The second-order valence-electron chi connectivity index (χ2n) is 6.61. The first-order valence-corrected chi connectivity index (χ1v) is 9.34. The first kappa shape index (κ1) is 17.9. The first-order chi connectivity index (χ1) is 13.8. The van der Waals surface area contributed by atoms with Crippen molar-refractivity contribution in [2.24, 2.45) is 0 Å². The minimum Gasteiger partial charge on any atom is -0.364 e. The molecule has 0 saturated carbocycles. The van der Waals surface area contributed by atoms with Gasteiger partial charge in [-0.2, -0.15) is 4.98 Å². The van der Waals surface area contributed by atoms with Crippen LogP contribution in [0.2, 0.25) is 0 Å². The quantitative estimate of drug-likeness (QED) is 0.668. The van der Waals surface area contributed by atoms with E-state index in [0.717, 1.165) is 42.3 Å². The van der Waals surface area contributed by atoms with Gasteiger partial charge >= 0.3 is 0 Å². The van der Waals surface area contributed by atoms with Gasteiger partial charge in [0.25, 0.3) is 0 Å². The summed E-state index contributed by atoms with van der Waals surface area (Å²) in [5.74, 6) is 1.43. The van der Waals surface area contributed by atoms with Gasteiger partial charge in [0.1, 0.15) is 5.82 Å². The molecule has 1 fully saturated rings. The fourth-order valence-corrected chi connectivity index (χ4v) is 3.13. The van der Waals surface area contributed by atoms with Crippen LogP contribution in [0.15, 0.2) is 60.8 Å². The standard InChI is InChI=1S/C21H22N6O/c28-16-26-10-12-27(13-11-26)21-24-19(17-6-2-1-3-7-17)14-20(25-21)23-15-18-8-4-5-9-22-18/h1-9,14,16H,10-13,15H2,(H,23,24,25). The molecule has 0 bridgehead atoms. The van der Waals surface area contributed by atoms with E-state index in [1.54, 1.807) is 11.1 Å². The number of nitrogens with one attached hydrogen (secondary N) is 1. The van der Waals surface area contributed by atoms with Crippen LogP contribution in [0.4, 0.5) is 11.8 Å². The van der Waals surface area contributed by atoms with Crippen molar-refractivity contribution in [2.45, 2.75) is 6.54 Å². The Morgan fingerprint density at radius 1 is 0.964 bits per heavy atom. The van der Waals surface area contributed by atoms with Crippen molar-refractivity contribution in [1.82, 2.24) is 19.9 Å². The van der Waals surface area contributed by atoms with Gasteiger partial charge in [-0.15, -0.1) is 0 Å². The Hall–Kier alpha value is -3.48. The number of anilines is 2. The number of aromatic nitrogens is 3. The summed E-state index contributed by atoms with van der Waals surface area (Å²) in [4.78, 5) is 28.7. The normalized spacial score (nSPS) is 14.0. The molecular formula is C21H22N6O. The van der Waals surface area contributed by atoms with Crippen LogP contribution < -0.4 is 10.2 Å². The molecule has 142 valence electrons. The van der Waals surface area contributed by atoms with Crippen molar-refractivity contribution >= 4 is 18.2 Å². The molecule has 0 radical (unpaired) electrons. The molecule has 0 spiro atoms. The van der Waals surface area contributed by atoms with Crippen LogP contribution in [0.25, 0.3) is 11.3 Å². The molecule has 0 aliphatic carbocycles. The van der Waals surface area contributed by atoms with Crippen LogP contribution >= 0.6 is 0 Å². The lowest BCUT2D eigenvalue weighted by Gasteiger charge is -2.32. The molecule has 0 atom stereocenters. The smallest absolute Gasteiger partial charge is 0.227 e. The number of pyridine rings is 1. The average molecular weight is 374 g/mol. The third kappa shape index (κ3) is 4.25. The molecule has 1 amide bonds. The first-order valence-electron chi connectivity index (χ1n) is 9.34. The number of carbonyl (C=O) groups is 1. The monoisotopic (exact) mass is 374 g/mol. The largest absolute Gasteiger partial charge is 0.364 e. The fourth-order valence-electron chi connectivity index (χ4n) is 3.13. The van der Waals surface area contributed by atoms with Crippen molar-refractivity contribution in [3.8, 4) is 11.3 Å². The molecule has 1 aromatic carbocycles. The molecule has 1 N–H and O–H groups in total. The maximum absolute atomic E-state index is 11.0. The third-order valence-electron chi connectivity index (χ3n) is 4.71. The Bertz CT molecular complexity index is 911. The Morgan fingerprint density at radius 3 is 2.46 bits per heavy atom. The summed E-state index contributed by atoms with van der Waals surface area (Å²) in [5.41, 5.74) is 2.86. The van der Waals surface area contributed by atoms with Gasteiger partial charge in [-0.3, -0.25) is 9.78 Å². The third-order valence-corrected chi connectivity index (χ3v) is 4.71. The van der Waals surface area contributed by atoms with Crippen molar-refractivity contribution < 1.29 is 4.79 Å². The van der Waals surface area contributed by atoms with Gasteiger partial charge in [-0.05, 0) is 12.1 Å². The number of benzene rings is 1. The SMILES string of the molecule is O=CN1CCN(c2nc(NCc3ccccn3)cc(-c3ccccc3)n2)CC1. The number of amides is 1. The maximum atomic E-state index is 11.0. The van der Waals surface area contributed by atoms with Gasteiger partial charge in [0.2, 0.25) is 12.4 Å². The van der Waals surface area contributed by atoms with Gasteiger partial charge in [-0.1, -0.05) is 36.4 Å². The zero-order valence-electron chi connectivity index (χ0n) is 15.5. The highest BCUT2D eigenvalue weighted by Crippen LogP contribution is 2.23. The summed E-state index contributed by atoms with van der Waals surface area (Å²) >= 11 is 0. The fraction of sp³-hybridized carbons (Fsp3) is 0.238. The minimum atomic E-state index is 0.588. The van der Waals surface area contributed by atoms with E-state index in [1.165, 1.54) is 0 Å². The lowest BCUT2D eigenvalue weighted by atomic mass is 10.1. The predicted octanol–water partition coefficient (Wildman–Crippen LogP) is 2.43. The Labute approximate surface area is 164 Å². The molecule has 0 unspecified atom stereocenters. The van der Waals surface area contributed by atoms with Gasteiger partial charge in [0, 0.05) is 44.0 Å². The molecule has 7 nitrogen and oxygen atoms in total. The maximum Gasteiger partial charge on any atom is 0.227 e. The zero-order valence-corrected chi connectivity index (χ0v) is 15.5. The second kappa shape index (κ2) is 8.47. The number of hydrogen-bond acceptors (Lipinski definition) is 6.